The molecule has 0 amide bonds. The van der Waals surface area contributed by atoms with Crippen molar-refractivity contribution in [2.24, 2.45) is 0 Å². The van der Waals surface area contributed by atoms with E-state index < -0.39 is 0 Å². The Morgan fingerprint density at radius 1 is 1.67 bits per heavy atom. The molecule has 0 saturated heterocycles. The van der Waals surface area contributed by atoms with Crippen LogP contribution in [0.4, 0.5) is 0 Å². The van der Waals surface area contributed by atoms with Crippen molar-refractivity contribution >= 4 is 43.2 Å². The van der Waals surface area contributed by atoms with Gasteiger partial charge in [-0.1, -0.05) is 15.9 Å². The molecule has 50 valence electrons. The number of aryl methyl sites for hydroxylation is 1. The third kappa shape index (κ3) is 1.75. The molecule has 0 unspecified atom stereocenters. The lowest BCUT2D eigenvalue weighted by molar-refractivity contribution is 1.21. The van der Waals surface area contributed by atoms with Gasteiger partial charge in [0.2, 0.25) is 0 Å². The first-order valence-corrected chi connectivity index (χ1v) is 5.15. The summed E-state index contributed by atoms with van der Waals surface area (Å²) in [6.45, 7) is 2.01. The summed E-state index contributed by atoms with van der Waals surface area (Å²) >= 11 is 8.35. The van der Waals surface area contributed by atoms with Gasteiger partial charge in [0.15, 0.2) is 3.92 Å². The first-order chi connectivity index (χ1) is 4.24. The number of halogens is 2. The number of hydrogen-bond acceptors (Lipinski definition) is 2. The molecule has 1 rings (SSSR count). The monoisotopic (exact) mass is 269 g/mol. The molecular weight excluding hydrogens is 266 g/mol. The zero-order chi connectivity index (χ0) is 6.85. The highest BCUT2D eigenvalue weighted by atomic mass is 79.9. The van der Waals surface area contributed by atoms with E-state index in [9.17, 15) is 0 Å². The van der Waals surface area contributed by atoms with E-state index >= 15 is 0 Å². The quantitative estimate of drug-likeness (QED) is 0.715. The maximum Gasteiger partial charge on any atom is 0.159 e. The molecule has 1 aromatic rings. The fraction of sp³-hybridized carbons (Fsp3) is 0.400. The topological polar surface area (TPSA) is 12.9 Å². The summed E-state index contributed by atoms with van der Waals surface area (Å²) in [5, 5.41) is 0.905. The van der Waals surface area contributed by atoms with E-state index in [2.05, 4.69) is 36.8 Å². The van der Waals surface area contributed by atoms with Crippen molar-refractivity contribution in [1.29, 1.82) is 0 Å². The minimum absolute atomic E-state index is 0.905. The third-order valence-corrected chi connectivity index (χ3v) is 3.53. The van der Waals surface area contributed by atoms with Crippen molar-refractivity contribution in [1.82, 2.24) is 4.98 Å². The second-order valence-corrected chi connectivity index (χ2v) is 4.53. The van der Waals surface area contributed by atoms with Crippen LogP contribution >= 0.6 is 43.2 Å². The minimum atomic E-state index is 0.905. The van der Waals surface area contributed by atoms with Crippen molar-refractivity contribution in [3.63, 3.8) is 0 Å². The lowest BCUT2D eigenvalue weighted by Crippen LogP contribution is -1.74. The van der Waals surface area contributed by atoms with Gasteiger partial charge >= 0.3 is 0 Å². The molecule has 0 fully saturated rings. The van der Waals surface area contributed by atoms with Gasteiger partial charge < -0.3 is 0 Å². The first kappa shape index (κ1) is 7.69. The van der Waals surface area contributed by atoms with E-state index in [1.54, 1.807) is 11.3 Å². The van der Waals surface area contributed by atoms with E-state index in [0.717, 1.165) is 14.9 Å². The fourth-order valence-corrected chi connectivity index (χ4v) is 2.75. The molecule has 1 aromatic heterocycles. The lowest BCUT2D eigenvalue weighted by Gasteiger charge is -1.84. The zero-order valence-electron chi connectivity index (χ0n) is 4.82. The van der Waals surface area contributed by atoms with E-state index in [1.807, 2.05) is 6.92 Å². The maximum atomic E-state index is 4.19. The molecule has 0 atom stereocenters. The summed E-state index contributed by atoms with van der Waals surface area (Å²) in [7, 11) is 0. The highest BCUT2D eigenvalue weighted by molar-refractivity contribution is 9.11. The summed E-state index contributed by atoms with van der Waals surface area (Å²) in [5.74, 6) is 0. The SMILES string of the molecule is Cc1nc(Br)sc1CBr. The minimum Gasteiger partial charge on any atom is -0.234 e. The Labute approximate surface area is 74.8 Å². The predicted octanol–water partition coefficient (Wildman–Crippen LogP) is 3.11. The van der Waals surface area contributed by atoms with Gasteiger partial charge in [0, 0.05) is 10.2 Å². The second kappa shape index (κ2) is 3.12. The Morgan fingerprint density at radius 3 is 2.56 bits per heavy atom. The van der Waals surface area contributed by atoms with Gasteiger partial charge in [0.1, 0.15) is 0 Å². The molecule has 0 N–H and O–H groups in total. The van der Waals surface area contributed by atoms with Crippen molar-refractivity contribution in [2.45, 2.75) is 12.3 Å². The average Bonchev–Trinajstić information content (AvgIpc) is 2.10. The van der Waals surface area contributed by atoms with Crippen LogP contribution in [0.25, 0.3) is 0 Å². The van der Waals surface area contributed by atoms with Crippen molar-refractivity contribution in [3.8, 4) is 0 Å². The standard InChI is InChI=1S/C5H5Br2NS/c1-3-4(2-6)9-5(7)8-3/h2H2,1H3. The Balaban J connectivity index is 3.01. The zero-order valence-corrected chi connectivity index (χ0v) is 8.81. The average molecular weight is 271 g/mol. The van der Waals surface area contributed by atoms with E-state index in [4.69, 9.17) is 0 Å². The number of aromatic nitrogens is 1. The first-order valence-electron chi connectivity index (χ1n) is 2.42. The van der Waals surface area contributed by atoms with Gasteiger partial charge in [0.25, 0.3) is 0 Å². The lowest BCUT2D eigenvalue weighted by atomic mass is 10.4. The highest BCUT2D eigenvalue weighted by Crippen LogP contribution is 2.24. The molecule has 0 aliphatic carbocycles. The molecule has 0 saturated carbocycles. The van der Waals surface area contributed by atoms with Crippen LogP contribution < -0.4 is 0 Å². The molecule has 0 radical (unpaired) electrons. The number of alkyl halides is 1. The normalized spacial score (nSPS) is 10.1. The Bertz CT molecular complexity index is 209. The molecule has 1 heterocycles. The molecule has 9 heavy (non-hydrogen) atoms. The molecule has 0 aromatic carbocycles. The van der Waals surface area contributed by atoms with Crippen molar-refractivity contribution < 1.29 is 0 Å². The maximum absolute atomic E-state index is 4.19. The summed E-state index contributed by atoms with van der Waals surface area (Å²) in [4.78, 5) is 5.48. The van der Waals surface area contributed by atoms with Crippen LogP contribution in [0.15, 0.2) is 3.92 Å². The molecular formula is C5H5Br2NS. The van der Waals surface area contributed by atoms with Gasteiger partial charge in [-0.05, 0) is 22.9 Å². The van der Waals surface area contributed by atoms with Gasteiger partial charge in [0.05, 0.1) is 5.69 Å². The van der Waals surface area contributed by atoms with Gasteiger partial charge in [-0.25, -0.2) is 4.98 Å². The summed E-state index contributed by atoms with van der Waals surface area (Å²) in [6.07, 6.45) is 0. The fourth-order valence-electron chi connectivity index (χ4n) is 0.517. The Morgan fingerprint density at radius 2 is 2.33 bits per heavy atom. The third-order valence-electron chi connectivity index (χ3n) is 0.988. The number of hydrogen-bond donors (Lipinski definition) is 0. The predicted molar refractivity (Wildman–Crippen MR) is 47.2 cm³/mol. The van der Waals surface area contributed by atoms with Gasteiger partial charge in [-0.3, -0.25) is 0 Å². The van der Waals surface area contributed by atoms with Crippen LogP contribution in [0.3, 0.4) is 0 Å². The summed E-state index contributed by atoms with van der Waals surface area (Å²) < 4.78 is 0.967. The number of nitrogens with zero attached hydrogens (tertiary/aromatic N) is 1. The number of thiazole rings is 1. The Kier molecular flexibility index (Phi) is 2.67. The van der Waals surface area contributed by atoms with Gasteiger partial charge in [-0.15, -0.1) is 11.3 Å². The van der Waals surface area contributed by atoms with Crippen LogP contribution in [0.2, 0.25) is 0 Å². The van der Waals surface area contributed by atoms with E-state index in [-0.39, 0.29) is 0 Å². The van der Waals surface area contributed by atoms with Gasteiger partial charge in [-0.2, -0.15) is 0 Å². The van der Waals surface area contributed by atoms with Crippen LogP contribution in [-0.2, 0) is 5.33 Å². The second-order valence-electron chi connectivity index (χ2n) is 1.61. The van der Waals surface area contributed by atoms with E-state index in [1.165, 1.54) is 4.88 Å². The smallest absolute Gasteiger partial charge is 0.159 e. The number of rotatable bonds is 1. The molecule has 0 spiro atoms. The largest absolute Gasteiger partial charge is 0.234 e. The molecule has 1 nitrogen and oxygen atoms in total. The van der Waals surface area contributed by atoms with Crippen LogP contribution in [-0.4, -0.2) is 4.98 Å². The summed E-state index contributed by atoms with van der Waals surface area (Å²) in [6, 6.07) is 0. The van der Waals surface area contributed by atoms with Crippen LogP contribution in [0, 0.1) is 6.92 Å². The molecule has 0 aliphatic rings. The van der Waals surface area contributed by atoms with Crippen LogP contribution in [0.5, 0.6) is 0 Å². The van der Waals surface area contributed by atoms with Crippen molar-refractivity contribution in [3.05, 3.63) is 14.5 Å². The van der Waals surface area contributed by atoms with Crippen molar-refractivity contribution in [2.75, 3.05) is 0 Å². The molecule has 0 bridgehead atoms. The Hall–Kier alpha value is 0.590. The highest BCUT2D eigenvalue weighted by Gasteiger charge is 2.01. The van der Waals surface area contributed by atoms with Crippen LogP contribution in [0.1, 0.15) is 10.6 Å². The molecule has 0 aliphatic heterocycles. The molecule has 4 heteroatoms. The van der Waals surface area contributed by atoms with E-state index in [0.29, 0.717) is 0 Å². The summed E-state index contributed by atoms with van der Waals surface area (Å²) in [5.41, 5.74) is 1.11.